The summed E-state index contributed by atoms with van der Waals surface area (Å²) < 4.78 is 11.3. The minimum atomic E-state index is -0.280. The number of aromatic nitrogens is 8. The highest BCUT2D eigenvalue weighted by Gasteiger charge is 2.32. The number of amides is 2. The molecule has 314 valence electrons. The van der Waals surface area contributed by atoms with E-state index in [4.69, 9.17) is 29.4 Å². The van der Waals surface area contributed by atoms with Gasteiger partial charge in [-0.1, -0.05) is 12.1 Å². The van der Waals surface area contributed by atoms with E-state index in [1.807, 2.05) is 48.5 Å². The highest BCUT2D eigenvalue weighted by molar-refractivity contribution is 5.97. The summed E-state index contributed by atoms with van der Waals surface area (Å²) in [4.78, 5) is 72.8. The molecule has 62 heavy (non-hydrogen) atoms. The maximum absolute atomic E-state index is 13.1. The monoisotopic (exact) mass is 832 g/mol. The minimum Gasteiger partial charge on any atom is -0.378 e. The Balaban J connectivity index is 0.779. The topological polar surface area (TPSA) is 193 Å². The Kier molecular flexibility index (Phi) is 11.0. The molecule has 0 radical (unpaired) electrons. The van der Waals surface area contributed by atoms with Gasteiger partial charge < -0.3 is 39.7 Å². The van der Waals surface area contributed by atoms with Gasteiger partial charge in [-0.05, 0) is 48.5 Å². The van der Waals surface area contributed by atoms with E-state index in [0.717, 1.165) is 71.5 Å². The van der Waals surface area contributed by atoms with Crippen LogP contribution in [0.1, 0.15) is 35.4 Å². The fourth-order valence-corrected chi connectivity index (χ4v) is 8.11. The highest BCUT2D eigenvalue weighted by atomic mass is 16.5. The van der Waals surface area contributed by atoms with E-state index in [1.165, 1.54) is 0 Å². The number of rotatable bonds is 11. The van der Waals surface area contributed by atoms with Gasteiger partial charge in [-0.3, -0.25) is 9.59 Å². The third-order valence-electron chi connectivity index (χ3n) is 11.2. The second kappa shape index (κ2) is 17.4. The molecule has 2 saturated heterocycles. The normalized spacial score (nSPS) is 15.9. The molecule has 0 bridgehead atoms. The molecule has 18 heteroatoms. The lowest BCUT2D eigenvalue weighted by Gasteiger charge is -2.29. The third-order valence-corrected chi connectivity index (χ3v) is 11.2. The average Bonchev–Trinajstić information content (AvgIpc) is 3.97. The van der Waals surface area contributed by atoms with E-state index < -0.39 is 0 Å². The van der Waals surface area contributed by atoms with Crippen molar-refractivity contribution in [3.63, 3.8) is 0 Å². The highest BCUT2D eigenvalue weighted by Crippen LogP contribution is 2.36. The predicted molar refractivity (Wildman–Crippen MR) is 231 cm³/mol. The van der Waals surface area contributed by atoms with E-state index in [9.17, 15) is 9.59 Å². The number of morpholine rings is 2. The predicted octanol–water partition coefficient (Wildman–Crippen LogP) is 4.25. The first-order valence-electron chi connectivity index (χ1n) is 20.8. The summed E-state index contributed by atoms with van der Waals surface area (Å²) in [5.41, 5.74) is 6.77. The molecule has 0 unspecified atom stereocenters. The Morgan fingerprint density at radius 2 is 1.00 bits per heavy atom. The molecule has 2 fully saturated rings. The standard InChI is InChI=1S/C44H44N14O4/c59-37(49-31-8-6-29(7-9-31)39-51-35-27-57(43-45-12-2-13-46-43)25-33(35)41(53-39)55-16-20-61-21-17-55)10-11-38(60)50-32-5-1-4-30(24-32)40-52-36-28-58(44-47-14-3-15-48-44)26-34(36)42(54-40)56-18-22-62-23-19-56/h1-9,12-15,24H,10-11,16-23,25-28H2,(H,49,59)(H,50,60). The van der Waals surface area contributed by atoms with Gasteiger partial charge in [-0.25, -0.2) is 39.9 Å². The summed E-state index contributed by atoms with van der Waals surface area (Å²) in [6.07, 6.45) is 6.96. The number of nitrogens with zero attached hydrogens (tertiary/aromatic N) is 12. The van der Waals surface area contributed by atoms with Gasteiger partial charge in [0.05, 0.1) is 64.0 Å². The van der Waals surface area contributed by atoms with E-state index in [0.29, 0.717) is 87.5 Å². The van der Waals surface area contributed by atoms with Crippen molar-refractivity contribution in [3.8, 4) is 22.8 Å². The van der Waals surface area contributed by atoms with Crippen molar-refractivity contribution in [2.75, 3.05) is 82.8 Å². The quantitative estimate of drug-likeness (QED) is 0.188. The first-order chi connectivity index (χ1) is 30.5. The Morgan fingerprint density at radius 3 is 1.52 bits per heavy atom. The lowest BCUT2D eigenvalue weighted by Crippen LogP contribution is -2.37. The second-order valence-electron chi connectivity index (χ2n) is 15.4. The number of benzene rings is 2. The molecule has 4 aliphatic heterocycles. The second-order valence-corrected chi connectivity index (χ2v) is 15.4. The zero-order valence-electron chi connectivity index (χ0n) is 34.0. The van der Waals surface area contributed by atoms with Crippen LogP contribution < -0.4 is 30.2 Å². The molecule has 2 N–H and O–H groups in total. The Bertz CT molecular complexity index is 2570. The summed E-state index contributed by atoms with van der Waals surface area (Å²) in [7, 11) is 0. The first kappa shape index (κ1) is 39.0. The number of carbonyl (C=O) groups is 2. The van der Waals surface area contributed by atoms with Crippen molar-refractivity contribution in [2.45, 2.75) is 39.0 Å². The summed E-state index contributed by atoms with van der Waals surface area (Å²) in [6, 6.07) is 18.5. The van der Waals surface area contributed by atoms with E-state index in [2.05, 4.69) is 50.2 Å². The third kappa shape index (κ3) is 8.42. The van der Waals surface area contributed by atoms with Crippen LogP contribution in [0, 0.1) is 0 Å². The number of anilines is 6. The maximum Gasteiger partial charge on any atom is 0.225 e. The zero-order valence-corrected chi connectivity index (χ0v) is 34.0. The van der Waals surface area contributed by atoms with Crippen LogP contribution in [-0.4, -0.2) is 104 Å². The Morgan fingerprint density at radius 1 is 0.516 bits per heavy atom. The molecule has 2 amide bonds. The van der Waals surface area contributed by atoms with E-state index in [1.54, 1.807) is 36.9 Å². The summed E-state index contributed by atoms with van der Waals surface area (Å²) >= 11 is 0. The number of ether oxygens (including phenoxy) is 2. The van der Waals surface area contributed by atoms with Gasteiger partial charge in [0, 0.05) is 97.4 Å². The number of carbonyl (C=O) groups excluding carboxylic acids is 2. The molecule has 0 saturated carbocycles. The maximum atomic E-state index is 13.1. The van der Waals surface area contributed by atoms with Crippen LogP contribution >= 0.6 is 0 Å². The molecule has 8 heterocycles. The van der Waals surface area contributed by atoms with Crippen molar-refractivity contribution in [1.29, 1.82) is 0 Å². The smallest absolute Gasteiger partial charge is 0.225 e. The van der Waals surface area contributed by atoms with Gasteiger partial charge >= 0.3 is 0 Å². The minimum absolute atomic E-state index is 0.000379. The van der Waals surface area contributed by atoms with Crippen LogP contribution in [0.15, 0.2) is 85.5 Å². The van der Waals surface area contributed by atoms with Crippen LogP contribution in [0.4, 0.5) is 34.9 Å². The zero-order chi connectivity index (χ0) is 41.8. The first-order valence-corrected chi connectivity index (χ1v) is 20.8. The van der Waals surface area contributed by atoms with Crippen molar-refractivity contribution in [1.82, 2.24) is 39.9 Å². The fourth-order valence-electron chi connectivity index (χ4n) is 8.11. The SMILES string of the molecule is O=C(CCC(=O)Nc1cccc(-c2nc3c(c(N4CCOCC4)n2)CN(c2ncccn2)C3)c1)Nc1ccc(-c2nc3c(c(N4CCOCC4)n2)CN(c2ncccn2)C3)cc1. The van der Waals surface area contributed by atoms with Crippen LogP contribution in [-0.2, 0) is 45.2 Å². The van der Waals surface area contributed by atoms with Gasteiger partial charge in [-0.2, -0.15) is 0 Å². The molecule has 0 atom stereocenters. The molecular formula is C44H44N14O4. The molecule has 2 aromatic carbocycles. The molecular weight excluding hydrogens is 789 g/mol. The van der Waals surface area contributed by atoms with Crippen LogP contribution in [0.25, 0.3) is 22.8 Å². The average molecular weight is 833 g/mol. The Hall–Kier alpha value is -7.18. The van der Waals surface area contributed by atoms with Crippen molar-refractivity contribution >= 4 is 46.7 Å². The van der Waals surface area contributed by atoms with Gasteiger partial charge in [-0.15, -0.1) is 0 Å². The van der Waals surface area contributed by atoms with Gasteiger partial charge in [0.15, 0.2) is 11.6 Å². The van der Waals surface area contributed by atoms with E-state index in [-0.39, 0.29) is 24.7 Å². The van der Waals surface area contributed by atoms with Crippen molar-refractivity contribution in [3.05, 3.63) is 108 Å². The number of hydrogen-bond donors (Lipinski definition) is 2. The largest absolute Gasteiger partial charge is 0.378 e. The fraction of sp³-hybridized carbons (Fsp3) is 0.318. The van der Waals surface area contributed by atoms with Crippen LogP contribution in [0.3, 0.4) is 0 Å². The lowest BCUT2D eigenvalue weighted by molar-refractivity contribution is -0.121. The molecule has 4 aromatic heterocycles. The van der Waals surface area contributed by atoms with E-state index >= 15 is 0 Å². The number of fused-ring (bicyclic) bond motifs is 2. The molecule has 18 nitrogen and oxygen atoms in total. The molecule has 0 aliphatic carbocycles. The van der Waals surface area contributed by atoms with Crippen molar-refractivity contribution < 1.29 is 19.1 Å². The van der Waals surface area contributed by atoms with Gasteiger partial charge in [0.1, 0.15) is 11.6 Å². The summed E-state index contributed by atoms with van der Waals surface area (Å²) in [5, 5.41) is 5.88. The molecule has 0 spiro atoms. The summed E-state index contributed by atoms with van der Waals surface area (Å²) in [5.74, 6) is 3.68. The number of nitrogens with one attached hydrogen (secondary N) is 2. The Labute approximate surface area is 357 Å². The van der Waals surface area contributed by atoms with Gasteiger partial charge in [0.25, 0.3) is 0 Å². The van der Waals surface area contributed by atoms with Gasteiger partial charge in [0.2, 0.25) is 23.7 Å². The number of hydrogen-bond acceptors (Lipinski definition) is 16. The molecule has 6 aromatic rings. The van der Waals surface area contributed by atoms with Crippen molar-refractivity contribution in [2.24, 2.45) is 0 Å². The molecule has 4 aliphatic rings. The summed E-state index contributed by atoms with van der Waals surface area (Å²) in [6.45, 7) is 7.81. The van der Waals surface area contributed by atoms with Crippen LogP contribution in [0.2, 0.25) is 0 Å². The lowest BCUT2D eigenvalue weighted by atomic mass is 10.1. The molecule has 10 rings (SSSR count). The van der Waals surface area contributed by atoms with Crippen LogP contribution in [0.5, 0.6) is 0 Å².